The molecule has 0 aromatic heterocycles. The lowest BCUT2D eigenvalue weighted by atomic mass is 10.2. The Morgan fingerprint density at radius 3 is 1.96 bits per heavy atom. The standard InChI is InChI=1S/C18H31N2PSi2/c1-20(2)17(15-14-16-12-10-9-11-13-16)19-21-18(22(3,4)5)23(6,7)8/h9-13,18,21H,1-8H3/b19-17-. The van der Waals surface area contributed by atoms with Gasteiger partial charge >= 0.3 is 0 Å². The van der Waals surface area contributed by atoms with Crippen molar-refractivity contribution in [1.82, 2.24) is 4.90 Å². The molecule has 0 aliphatic carbocycles. The first-order valence-corrected chi connectivity index (χ1v) is 16.3. The largest absolute Gasteiger partial charge is 0.356 e. The van der Waals surface area contributed by atoms with Crippen LogP contribution in [0.2, 0.25) is 39.3 Å². The van der Waals surface area contributed by atoms with Gasteiger partial charge in [0.15, 0.2) is 5.84 Å². The molecule has 0 spiro atoms. The predicted molar refractivity (Wildman–Crippen MR) is 113 cm³/mol. The van der Waals surface area contributed by atoms with E-state index < -0.39 is 16.1 Å². The van der Waals surface area contributed by atoms with Crippen LogP contribution in [0, 0.1) is 11.8 Å². The minimum Gasteiger partial charge on any atom is -0.356 e. The van der Waals surface area contributed by atoms with Crippen LogP contribution >= 0.6 is 8.73 Å². The molecule has 1 aromatic carbocycles. The maximum atomic E-state index is 4.94. The summed E-state index contributed by atoms with van der Waals surface area (Å²) in [5, 5.41) is 0. The fraction of sp³-hybridized carbons (Fsp3) is 0.500. The van der Waals surface area contributed by atoms with Crippen molar-refractivity contribution >= 4 is 30.7 Å². The maximum absolute atomic E-state index is 4.94. The molecule has 2 nitrogen and oxygen atoms in total. The smallest absolute Gasteiger partial charge is 0.179 e. The van der Waals surface area contributed by atoms with Gasteiger partial charge in [-0.1, -0.05) is 63.4 Å². The highest BCUT2D eigenvalue weighted by molar-refractivity contribution is 7.48. The Morgan fingerprint density at radius 1 is 1.00 bits per heavy atom. The second kappa shape index (κ2) is 8.28. The van der Waals surface area contributed by atoms with Gasteiger partial charge in [-0.25, -0.2) is 4.76 Å². The highest BCUT2D eigenvalue weighted by Crippen LogP contribution is 2.36. The molecule has 0 N–H and O–H groups in total. The van der Waals surface area contributed by atoms with Crippen LogP contribution in [0.15, 0.2) is 35.1 Å². The van der Waals surface area contributed by atoms with Crippen molar-refractivity contribution in [3.63, 3.8) is 0 Å². The first-order chi connectivity index (χ1) is 10.5. The van der Waals surface area contributed by atoms with Gasteiger partial charge in [-0.3, -0.25) is 0 Å². The topological polar surface area (TPSA) is 15.6 Å². The van der Waals surface area contributed by atoms with Gasteiger partial charge in [0.1, 0.15) is 0 Å². The van der Waals surface area contributed by atoms with E-state index in [9.17, 15) is 0 Å². The van der Waals surface area contributed by atoms with E-state index in [0.717, 1.165) is 16.3 Å². The molecule has 0 radical (unpaired) electrons. The fourth-order valence-electron chi connectivity index (χ4n) is 2.70. The summed E-state index contributed by atoms with van der Waals surface area (Å²) < 4.78 is 4.94. The Hall–Kier alpha value is -0.886. The molecule has 1 atom stereocenters. The van der Waals surface area contributed by atoms with Crippen molar-refractivity contribution in [3.05, 3.63) is 35.9 Å². The van der Waals surface area contributed by atoms with Gasteiger partial charge in [0.25, 0.3) is 0 Å². The lowest BCUT2D eigenvalue weighted by Gasteiger charge is -2.37. The van der Waals surface area contributed by atoms with Gasteiger partial charge in [-0.2, -0.15) is 0 Å². The van der Waals surface area contributed by atoms with Gasteiger partial charge in [-0.15, -0.1) is 0 Å². The first kappa shape index (κ1) is 20.2. The molecule has 0 saturated heterocycles. The molecule has 0 aliphatic rings. The van der Waals surface area contributed by atoms with E-state index in [1.807, 2.05) is 49.3 Å². The fourth-order valence-corrected chi connectivity index (χ4v) is 17.1. The Morgan fingerprint density at radius 2 is 1.52 bits per heavy atom. The Balaban J connectivity index is 3.02. The van der Waals surface area contributed by atoms with E-state index >= 15 is 0 Å². The van der Waals surface area contributed by atoms with E-state index in [-0.39, 0.29) is 0 Å². The summed E-state index contributed by atoms with van der Waals surface area (Å²) in [6, 6.07) is 10.1. The van der Waals surface area contributed by atoms with E-state index in [4.69, 9.17) is 4.76 Å². The average molecular weight is 363 g/mol. The molecule has 0 aliphatic heterocycles. The minimum atomic E-state index is -1.21. The third kappa shape index (κ3) is 7.03. The van der Waals surface area contributed by atoms with Crippen LogP contribution in [0.4, 0.5) is 0 Å². The van der Waals surface area contributed by atoms with Crippen LogP contribution in [0.3, 0.4) is 0 Å². The lowest BCUT2D eigenvalue weighted by Crippen LogP contribution is -2.50. The van der Waals surface area contributed by atoms with Crippen molar-refractivity contribution in [2.45, 2.75) is 44.2 Å². The average Bonchev–Trinajstić information content (AvgIpc) is 2.40. The summed E-state index contributed by atoms with van der Waals surface area (Å²) >= 11 is 0. The summed E-state index contributed by atoms with van der Waals surface area (Å²) in [6.45, 7) is 14.9. The van der Waals surface area contributed by atoms with Crippen LogP contribution in [0.1, 0.15) is 5.56 Å². The summed E-state index contributed by atoms with van der Waals surface area (Å²) in [4.78, 5) is 2.83. The Bertz CT molecular complexity index is 573. The molecular formula is C18H31N2PSi2. The summed E-state index contributed by atoms with van der Waals surface area (Å²) in [7, 11) is 2.27. The van der Waals surface area contributed by atoms with Crippen molar-refractivity contribution in [1.29, 1.82) is 0 Å². The molecule has 0 fully saturated rings. The van der Waals surface area contributed by atoms with Gasteiger partial charge in [0.05, 0.1) is 16.1 Å². The first-order valence-electron chi connectivity index (χ1n) is 8.09. The van der Waals surface area contributed by atoms with Crippen LogP contribution < -0.4 is 0 Å². The molecule has 0 heterocycles. The minimum absolute atomic E-state index is 0.634. The molecule has 0 saturated carbocycles. The van der Waals surface area contributed by atoms with Crippen LogP contribution in [-0.4, -0.2) is 45.9 Å². The monoisotopic (exact) mass is 362 g/mol. The number of benzene rings is 1. The van der Waals surface area contributed by atoms with Crippen LogP contribution in [-0.2, 0) is 0 Å². The number of rotatable bonds is 4. The number of nitrogens with zero attached hydrogens (tertiary/aromatic N) is 2. The van der Waals surface area contributed by atoms with Crippen LogP contribution in [0.25, 0.3) is 0 Å². The van der Waals surface area contributed by atoms with Crippen LogP contribution in [0.5, 0.6) is 0 Å². The SMILES string of the molecule is CN(C)/C(C#Cc1ccccc1)=N\PC([Si](C)(C)C)[Si](C)(C)C. The van der Waals surface area contributed by atoms with E-state index in [1.54, 1.807) is 0 Å². The molecule has 5 heteroatoms. The van der Waals surface area contributed by atoms with E-state index in [2.05, 4.69) is 51.1 Å². The third-order valence-electron chi connectivity index (χ3n) is 3.55. The summed E-state index contributed by atoms with van der Waals surface area (Å²) in [5.41, 5.74) is 1.04. The molecule has 0 bridgehead atoms. The highest BCUT2D eigenvalue weighted by Gasteiger charge is 2.37. The van der Waals surface area contributed by atoms with Crippen molar-refractivity contribution < 1.29 is 0 Å². The summed E-state index contributed by atoms with van der Waals surface area (Å²) in [5.74, 6) is 7.39. The zero-order valence-corrected chi connectivity index (χ0v) is 18.9. The Labute approximate surface area is 146 Å². The van der Waals surface area contributed by atoms with Gasteiger partial charge in [0.2, 0.25) is 0 Å². The molecule has 1 aromatic rings. The maximum Gasteiger partial charge on any atom is 0.179 e. The molecule has 0 amide bonds. The molecule has 1 rings (SSSR count). The molecule has 126 valence electrons. The predicted octanol–water partition coefficient (Wildman–Crippen LogP) is 4.72. The lowest BCUT2D eigenvalue weighted by molar-refractivity contribution is 0.631. The zero-order chi connectivity index (χ0) is 17.7. The number of hydrogen-bond donors (Lipinski definition) is 0. The second-order valence-electron chi connectivity index (χ2n) is 8.24. The van der Waals surface area contributed by atoms with Gasteiger partial charge in [0, 0.05) is 28.4 Å². The third-order valence-corrected chi connectivity index (χ3v) is 18.8. The molecule has 23 heavy (non-hydrogen) atoms. The Kier molecular flexibility index (Phi) is 7.26. The highest BCUT2D eigenvalue weighted by atomic mass is 31.1. The van der Waals surface area contributed by atoms with Gasteiger partial charge in [-0.05, 0) is 23.0 Å². The molecular weight excluding hydrogens is 331 g/mol. The second-order valence-corrected chi connectivity index (χ2v) is 21.7. The van der Waals surface area contributed by atoms with Gasteiger partial charge < -0.3 is 4.90 Å². The normalized spacial score (nSPS) is 13.3. The zero-order valence-electron chi connectivity index (χ0n) is 15.9. The molecule has 1 unspecified atom stereocenters. The number of hydrogen-bond acceptors (Lipinski definition) is 1. The number of amidine groups is 1. The summed E-state index contributed by atoms with van der Waals surface area (Å²) in [6.07, 6.45) is 0. The van der Waals surface area contributed by atoms with E-state index in [0.29, 0.717) is 8.73 Å². The quantitative estimate of drug-likeness (QED) is 0.249. The van der Waals surface area contributed by atoms with E-state index in [1.165, 1.54) is 0 Å². The van der Waals surface area contributed by atoms with Crippen molar-refractivity contribution in [2.75, 3.05) is 14.1 Å². The van der Waals surface area contributed by atoms with Crippen molar-refractivity contribution in [2.24, 2.45) is 4.76 Å². The van der Waals surface area contributed by atoms with Crippen molar-refractivity contribution in [3.8, 4) is 11.8 Å².